The zero-order chi connectivity index (χ0) is 15.3. The molecular weight excluding hydrogens is 276 g/mol. The van der Waals surface area contributed by atoms with Crippen molar-refractivity contribution in [2.45, 2.75) is 18.9 Å². The summed E-state index contributed by atoms with van der Waals surface area (Å²) in [7, 11) is 1.72. The van der Waals surface area contributed by atoms with E-state index in [1.807, 2.05) is 30.3 Å². The van der Waals surface area contributed by atoms with Crippen LogP contribution in [0.1, 0.15) is 24.4 Å². The monoisotopic (exact) mass is 296 g/mol. The van der Waals surface area contributed by atoms with Gasteiger partial charge in [0.25, 0.3) is 5.91 Å². The van der Waals surface area contributed by atoms with Crippen LogP contribution in [0.4, 0.5) is 4.79 Å². The van der Waals surface area contributed by atoms with E-state index in [9.17, 15) is 9.59 Å². The summed E-state index contributed by atoms with van der Waals surface area (Å²) in [6.45, 7) is 0.566. The van der Waals surface area contributed by atoms with Crippen LogP contribution in [0.2, 0.25) is 0 Å². The molecule has 1 heterocycles. The Morgan fingerprint density at radius 1 is 1.09 bits per heavy atom. The van der Waals surface area contributed by atoms with Crippen LogP contribution in [-0.4, -0.2) is 35.3 Å². The third kappa shape index (κ3) is 1.97. The van der Waals surface area contributed by atoms with E-state index in [0.29, 0.717) is 24.3 Å². The summed E-state index contributed by atoms with van der Waals surface area (Å²) in [5, 5.41) is 0. The average molecular weight is 296 g/mol. The van der Waals surface area contributed by atoms with Crippen molar-refractivity contribution in [1.82, 2.24) is 9.80 Å². The molecule has 114 valence electrons. The molecule has 0 spiro atoms. The molecule has 2 fully saturated rings. The standard InChI is InChI=1S/C18H20N2O2/c1-19-16(13-5-3-2-4-6-13)17(21)20(18(19)22)11-15-10-12-7-8-14(15)9-12/h2-8,12,14-16H,9-11H2,1H3. The highest BCUT2D eigenvalue weighted by Gasteiger charge is 2.46. The van der Waals surface area contributed by atoms with Gasteiger partial charge in [-0.1, -0.05) is 42.5 Å². The maximum Gasteiger partial charge on any atom is 0.327 e. The molecule has 0 N–H and O–H groups in total. The number of benzene rings is 1. The minimum atomic E-state index is -0.470. The van der Waals surface area contributed by atoms with Gasteiger partial charge in [0.2, 0.25) is 0 Å². The van der Waals surface area contributed by atoms with Gasteiger partial charge in [0, 0.05) is 13.6 Å². The predicted octanol–water partition coefficient (Wildman–Crippen LogP) is 2.83. The van der Waals surface area contributed by atoms with Crippen LogP contribution < -0.4 is 0 Å². The Kier molecular flexibility index (Phi) is 3.06. The van der Waals surface area contributed by atoms with Crippen LogP contribution in [0.5, 0.6) is 0 Å². The Morgan fingerprint density at radius 2 is 1.86 bits per heavy atom. The summed E-state index contributed by atoms with van der Waals surface area (Å²) in [5.74, 6) is 1.56. The number of nitrogens with zero attached hydrogens (tertiary/aromatic N) is 2. The fourth-order valence-electron chi connectivity index (χ4n) is 4.22. The van der Waals surface area contributed by atoms with Gasteiger partial charge in [0.05, 0.1) is 0 Å². The van der Waals surface area contributed by atoms with E-state index in [1.54, 1.807) is 11.9 Å². The molecule has 4 atom stereocenters. The quantitative estimate of drug-likeness (QED) is 0.635. The molecule has 4 nitrogen and oxygen atoms in total. The Bertz CT molecular complexity index is 640. The Labute approximate surface area is 130 Å². The third-order valence-electron chi connectivity index (χ3n) is 5.37. The van der Waals surface area contributed by atoms with Gasteiger partial charge in [-0.15, -0.1) is 0 Å². The molecule has 2 bridgehead atoms. The lowest BCUT2D eigenvalue weighted by molar-refractivity contribution is -0.128. The summed E-state index contributed by atoms with van der Waals surface area (Å²) in [6, 6.07) is 8.93. The number of urea groups is 1. The highest BCUT2D eigenvalue weighted by Crippen LogP contribution is 2.44. The van der Waals surface area contributed by atoms with Gasteiger partial charge < -0.3 is 4.90 Å². The van der Waals surface area contributed by atoms with E-state index in [1.165, 1.54) is 11.3 Å². The molecule has 22 heavy (non-hydrogen) atoms. The van der Waals surface area contributed by atoms with Crippen molar-refractivity contribution < 1.29 is 9.59 Å². The van der Waals surface area contributed by atoms with Crippen LogP contribution in [0.15, 0.2) is 42.5 Å². The SMILES string of the molecule is CN1C(=O)N(CC2CC3C=CC2C3)C(=O)C1c1ccccc1. The molecule has 1 aromatic carbocycles. The van der Waals surface area contributed by atoms with E-state index in [2.05, 4.69) is 12.2 Å². The summed E-state index contributed by atoms with van der Waals surface area (Å²) < 4.78 is 0. The van der Waals surface area contributed by atoms with Crippen LogP contribution in [0.3, 0.4) is 0 Å². The first kappa shape index (κ1) is 13.6. The molecular formula is C18H20N2O2. The highest BCUT2D eigenvalue weighted by atomic mass is 16.2. The van der Waals surface area contributed by atoms with Crippen LogP contribution in [0, 0.1) is 17.8 Å². The molecule has 3 amide bonds. The topological polar surface area (TPSA) is 40.6 Å². The summed E-state index contributed by atoms with van der Waals surface area (Å²) in [4.78, 5) is 28.3. The zero-order valence-electron chi connectivity index (χ0n) is 12.7. The molecule has 1 aliphatic heterocycles. The average Bonchev–Trinajstić information content (AvgIpc) is 3.20. The first-order chi connectivity index (χ1) is 10.6. The van der Waals surface area contributed by atoms with Crippen molar-refractivity contribution in [1.29, 1.82) is 0 Å². The minimum absolute atomic E-state index is 0.0783. The molecule has 4 rings (SSSR count). The molecule has 4 unspecified atom stereocenters. The normalized spacial score (nSPS) is 33.3. The van der Waals surface area contributed by atoms with Gasteiger partial charge in [-0.2, -0.15) is 0 Å². The second-order valence-electron chi connectivity index (χ2n) is 6.70. The molecule has 1 saturated heterocycles. The van der Waals surface area contributed by atoms with E-state index in [-0.39, 0.29) is 11.9 Å². The van der Waals surface area contributed by atoms with Gasteiger partial charge >= 0.3 is 6.03 Å². The lowest BCUT2D eigenvalue weighted by atomic mass is 9.93. The van der Waals surface area contributed by atoms with E-state index in [0.717, 1.165) is 12.0 Å². The lowest BCUT2D eigenvalue weighted by Crippen LogP contribution is -2.36. The van der Waals surface area contributed by atoms with Gasteiger partial charge in [0.15, 0.2) is 0 Å². The molecule has 1 aromatic rings. The molecule has 3 aliphatic rings. The van der Waals surface area contributed by atoms with Crippen molar-refractivity contribution in [2.75, 3.05) is 13.6 Å². The first-order valence-electron chi connectivity index (χ1n) is 7.96. The number of hydrogen-bond donors (Lipinski definition) is 0. The number of carbonyl (C=O) groups is 2. The molecule has 1 saturated carbocycles. The summed E-state index contributed by atoms with van der Waals surface area (Å²) in [6.07, 6.45) is 6.85. The van der Waals surface area contributed by atoms with Crippen LogP contribution >= 0.6 is 0 Å². The van der Waals surface area contributed by atoms with Gasteiger partial charge in [-0.3, -0.25) is 9.69 Å². The third-order valence-corrected chi connectivity index (χ3v) is 5.37. The van der Waals surface area contributed by atoms with E-state index >= 15 is 0 Å². The number of imide groups is 1. The number of likely N-dealkylation sites (N-methyl/N-ethyl adjacent to an activating group) is 1. The maximum atomic E-state index is 12.8. The molecule has 4 heteroatoms. The second-order valence-corrected chi connectivity index (χ2v) is 6.70. The van der Waals surface area contributed by atoms with Crippen molar-refractivity contribution in [3.05, 3.63) is 48.0 Å². The van der Waals surface area contributed by atoms with Crippen LogP contribution in [0.25, 0.3) is 0 Å². The highest BCUT2D eigenvalue weighted by molar-refractivity contribution is 6.04. The Balaban J connectivity index is 1.55. The predicted molar refractivity (Wildman–Crippen MR) is 82.9 cm³/mol. The van der Waals surface area contributed by atoms with E-state index < -0.39 is 6.04 Å². The lowest BCUT2D eigenvalue weighted by Gasteiger charge is -2.23. The number of allylic oxidation sites excluding steroid dienone is 2. The minimum Gasteiger partial charge on any atom is -0.311 e. The number of amides is 3. The molecule has 0 radical (unpaired) electrons. The Hall–Kier alpha value is -2.10. The van der Waals surface area contributed by atoms with Gasteiger partial charge in [0.1, 0.15) is 6.04 Å². The zero-order valence-corrected chi connectivity index (χ0v) is 12.7. The maximum absolute atomic E-state index is 12.8. The first-order valence-corrected chi connectivity index (χ1v) is 7.96. The largest absolute Gasteiger partial charge is 0.327 e. The Morgan fingerprint density at radius 3 is 2.50 bits per heavy atom. The summed E-state index contributed by atoms with van der Waals surface area (Å²) >= 11 is 0. The number of hydrogen-bond acceptors (Lipinski definition) is 2. The second kappa shape index (κ2) is 4.97. The number of rotatable bonds is 3. The molecule has 0 aromatic heterocycles. The van der Waals surface area contributed by atoms with Crippen molar-refractivity contribution in [2.24, 2.45) is 17.8 Å². The van der Waals surface area contributed by atoms with E-state index in [4.69, 9.17) is 0 Å². The smallest absolute Gasteiger partial charge is 0.311 e. The van der Waals surface area contributed by atoms with Crippen molar-refractivity contribution in [3.63, 3.8) is 0 Å². The van der Waals surface area contributed by atoms with Crippen molar-refractivity contribution >= 4 is 11.9 Å². The van der Waals surface area contributed by atoms with Gasteiger partial charge in [-0.05, 0) is 36.2 Å². The number of carbonyl (C=O) groups excluding carboxylic acids is 2. The molecule has 2 aliphatic carbocycles. The fourth-order valence-corrected chi connectivity index (χ4v) is 4.22. The van der Waals surface area contributed by atoms with Crippen LogP contribution in [-0.2, 0) is 4.79 Å². The van der Waals surface area contributed by atoms with Crippen molar-refractivity contribution in [3.8, 4) is 0 Å². The van der Waals surface area contributed by atoms with Gasteiger partial charge in [-0.25, -0.2) is 4.79 Å². The summed E-state index contributed by atoms with van der Waals surface area (Å²) in [5.41, 5.74) is 0.888. The number of fused-ring (bicyclic) bond motifs is 2. The fraction of sp³-hybridized carbons (Fsp3) is 0.444.